The summed E-state index contributed by atoms with van der Waals surface area (Å²) in [5.74, 6) is 0.442. The molecule has 1 aliphatic heterocycles. The summed E-state index contributed by atoms with van der Waals surface area (Å²) in [6.45, 7) is 6.30. The third kappa shape index (κ3) is 3.39. The van der Waals surface area contributed by atoms with Gasteiger partial charge < -0.3 is 4.74 Å². The molecule has 3 heteroatoms. The highest BCUT2D eigenvalue weighted by molar-refractivity contribution is 6.12. The fourth-order valence-electron chi connectivity index (χ4n) is 2.45. The average molecular weight is 305 g/mol. The fourth-order valence-corrected chi connectivity index (χ4v) is 2.45. The van der Waals surface area contributed by atoms with E-state index in [2.05, 4.69) is 31.0 Å². The molecular weight excluding hydrogens is 286 g/mol. The van der Waals surface area contributed by atoms with E-state index in [1.54, 1.807) is 6.08 Å². The highest BCUT2D eigenvalue weighted by atomic mass is 16.6. The molecule has 0 saturated carbocycles. The molecule has 3 nitrogen and oxygen atoms in total. The minimum absolute atomic E-state index is 0.332. The molecule has 3 rings (SSSR count). The van der Waals surface area contributed by atoms with Gasteiger partial charge >= 0.3 is 5.97 Å². The molecule has 1 heterocycles. The van der Waals surface area contributed by atoms with Gasteiger partial charge in [-0.2, -0.15) is 0 Å². The van der Waals surface area contributed by atoms with Crippen molar-refractivity contribution in [2.24, 2.45) is 4.99 Å². The average Bonchev–Trinajstić information content (AvgIpc) is 2.89. The maximum Gasteiger partial charge on any atom is 0.363 e. The number of benzene rings is 2. The number of hydrogen-bond donors (Lipinski definition) is 0. The van der Waals surface area contributed by atoms with Crippen LogP contribution in [0.5, 0.6) is 0 Å². The molecular formula is C20H19NO2. The first kappa shape index (κ1) is 15.2. The lowest BCUT2D eigenvalue weighted by atomic mass is 10.0. The van der Waals surface area contributed by atoms with Crippen molar-refractivity contribution in [2.75, 3.05) is 0 Å². The third-order valence-corrected chi connectivity index (χ3v) is 3.79. The van der Waals surface area contributed by atoms with Crippen LogP contribution in [-0.4, -0.2) is 11.9 Å². The van der Waals surface area contributed by atoms with Crippen LogP contribution in [0.2, 0.25) is 0 Å². The number of hydrogen-bond acceptors (Lipinski definition) is 3. The van der Waals surface area contributed by atoms with Crippen LogP contribution in [0.1, 0.15) is 42.0 Å². The predicted octanol–water partition coefficient (Wildman–Crippen LogP) is 4.46. The van der Waals surface area contributed by atoms with E-state index in [1.807, 2.05) is 43.3 Å². The largest absolute Gasteiger partial charge is 0.402 e. The summed E-state index contributed by atoms with van der Waals surface area (Å²) >= 11 is 0. The maximum absolute atomic E-state index is 12.0. The van der Waals surface area contributed by atoms with Crippen LogP contribution in [0.3, 0.4) is 0 Å². The Labute approximate surface area is 136 Å². The van der Waals surface area contributed by atoms with Gasteiger partial charge in [-0.05, 0) is 42.2 Å². The minimum atomic E-state index is -0.408. The molecule has 0 N–H and O–H groups in total. The van der Waals surface area contributed by atoms with E-state index in [9.17, 15) is 4.79 Å². The zero-order chi connectivity index (χ0) is 16.4. The van der Waals surface area contributed by atoms with Crippen LogP contribution in [0.25, 0.3) is 6.08 Å². The Balaban J connectivity index is 1.88. The summed E-state index contributed by atoms with van der Waals surface area (Å²) < 4.78 is 5.29. The van der Waals surface area contributed by atoms with Gasteiger partial charge in [0.1, 0.15) is 0 Å². The van der Waals surface area contributed by atoms with E-state index in [0.717, 1.165) is 16.7 Å². The number of carbonyl (C=O) groups excluding carboxylic acids is 1. The summed E-state index contributed by atoms with van der Waals surface area (Å²) in [5.41, 5.74) is 4.46. The number of esters is 1. The molecule has 0 amide bonds. The molecule has 0 bridgehead atoms. The lowest BCUT2D eigenvalue weighted by Crippen LogP contribution is -2.05. The Morgan fingerprint density at radius 1 is 1.09 bits per heavy atom. The van der Waals surface area contributed by atoms with Gasteiger partial charge in [0.05, 0.1) is 0 Å². The lowest BCUT2D eigenvalue weighted by molar-refractivity contribution is -0.129. The van der Waals surface area contributed by atoms with Crippen LogP contribution >= 0.6 is 0 Å². The molecule has 0 aromatic heterocycles. The van der Waals surface area contributed by atoms with Crippen molar-refractivity contribution in [2.45, 2.75) is 26.7 Å². The second-order valence-electron chi connectivity index (χ2n) is 6.03. The highest BCUT2D eigenvalue weighted by Crippen LogP contribution is 2.21. The summed E-state index contributed by atoms with van der Waals surface area (Å²) in [6, 6.07) is 15.9. The normalized spacial score (nSPS) is 15.9. The zero-order valence-electron chi connectivity index (χ0n) is 13.5. The van der Waals surface area contributed by atoms with Gasteiger partial charge in [0.15, 0.2) is 5.70 Å². The zero-order valence-corrected chi connectivity index (χ0v) is 13.5. The topological polar surface area (TPSA) is 38.7 Å². The van der Waals surface area contributed by atoms with E-state index < -0.39 is 5.97 Å². The summed E-state index contributed by atoms with van der Waals surface area (Å²) in [5, 5.41) is 0. The lowest BCUT2D eigenvalue weighted by Gasteiger charge is -2.04. The van der Waals surface area contributed by atoms with E-state index >= 15 is 0 Å². The first-order chi connectivity index (χ1) is 11.0. The predicted molar refractivity (Wildman–Crippen MR) is 92.3 cm³/mol. The number of rotatable bonds is 3. The van der Waals surface area contributed by atoms with Crippen molar-refractivity contribution in [1.29, 1.82) is 0 Å². The molecule has 0 aliphatic carbocycles. The number of carbonyl (C=O) groups is 1. The molecule has 0 spiro atoms. The summed E-state index contributed by atoms with van der Waals surface area (Å²) in [7, 11) is 0. The number of cyclic esters (lactones) is 1. The standard InChI is InChI=1S/C20H19NO2/c1-13(2)16-9-7-15(8-10-16)12-18-20(22)23-19(21-18)17-6-4-5-14(3)11-17/h4-13H,1-3H3/b18-12+. The number of nitrogens with zero attached hydrogens (tertiary/aromatic N) is 1. The third-order valence-electron chi connectivity index (χ3n) is 3.79. The summed E-state index contributed by atoms with van der Waals surface area (Å²) in [4.78, 5) is 16.4. The minimum Gasteiger partial charge on any atom is -0.402 e. The molecule has 0 fully saturated rings. The maximum atomic E-state index is 12.0. The van der Waals surface area contributed by atoms with Crippen molar-refractivity contribution in [3.63, 3.8) is 0 Å². The molecule has 2 aromatic carbocycles. The first-order valence-corrected chi connectivity index (χ1v) is 7.72. The van der Waals surface area contributed by atoms with Crippen LogP contribution < -0.4 is 0 Å². The Morgan fingerprint density at radius 3 is 2.48 bits per heavy atom. The van der Waals surface area contributed by atoms with Gasteiger partial charge in [-0.15, -0.1) is 0 Å². The molecule has 1 aliphatic rings. The Morgan fingerprint density at radius 2 is 1.83 bits per heavy atom. The molecule has 0 atom stereocenters. The van der Waals surface area contributed by atoms with Gasteiger partial charge in [0.2, 0.25) is 5.90 Å². The second-order valence-corrected chi connectivity index (χ2v) is 6.03. The molecule has 0 saturated heterocycles. The van der Waals surface area contributed by atoms with Crippen LogP contribution in [0, 0.1) is 6.92 Å². The van der Waals surface area contributed by atoms with Crippen molar-refractivity contribution in [3.8, 4) is 0 Å². The van der Waals surface area contributed by atoms with Gasteiger partial charge in [-0.3, -0.25) is 0 Å². The van der Waals surface area contributed by atoms with E-state index in [0.29, 0.717) is 17.5 Å². The second kappa shape index (κ2) is 6.21. The van der Waals surface area contributed by atoms with Crippen LogP contribution in [-0.2, 0) is 9.53 Å². The molecule has 0 radical (unpaired) electrons. The van der Waals surface area contributed by atoms with Crippen LogP contribution in [0.15, 0.2) is 59.2 Å². The van der Waals surface area contributed by atoms with Crippen LogP contribution in [0.4, 0.5) is 0 Å². The molecule has 116 valence electrons. The van der Waals surface area contributed by atoms with Gasteiger partial charge in [0.25, 0.3) is 0 Å². The quantitative estimate of drug-likeness (QED) is 0.620. The molecule has 23 heavy (non-hydrogen) atoms. The monoisotopic (exact) mass is 305 g/mol. The first-order valence-electron chi connectivity index (χ1n) is 7.72. The number of ether oxygens (including phenoxy) is 1. The highest BCUT2D eigenvalue weighted by Gasteiger charge is 2.24. The van der Waals surface area contributed by atoms with Crippen molar-refractivity contribution >= 4 is 17.9 Å². The Bertz CT molecular complexity index is 799. The number of aliphatic imine (C=N–C) groups is 1. The van der Waals surface area contributed by atoms with E-state index in [1.165, 1.54) is 5.56 Å². The Hall–Kier alpha value is -2.68. The molecule has 2 aromatic rings. The molecule has 0 unspecified atom stereocenters. The van der Waals surface area contributed by atoms with Crippen molar-refractivity contribution in [3.05, 3.63) is 76.5 Å². The SMILES string of the molecule is Cc1cccc(C2=N/C(=C/c3ccc(C(C)C)cc3)C(=O)O2)c1. The van der Waals surface area contributed by atoms with Gasteiger partial charge in [0, 0.05) is 5.56 Å². The summed E-state index contributed by atoms with van der Waals surface area (Å²) in [6.07, 6.45) is 1.76. The van der Waals surface area contributed by atoms with Crippen molar-refractivity contribution in [1.82, 2.24) is 0 Å². The van der Waals surface area contributed by atoms with Crippen molar-refractivity contribution < 1.29 is 9.53 Å². The van der Waals surface area contributed by atoms with E-state index in [-0.39, 0.29) is 0 Å². The Kier molecular flexibility index (Phi) is 4.11. The van der Waals surface area contributed by atoms with E-state index in [4.69, 9.17) is 4.74 Å². The fraction of sp³-hybridized carbons (Fsp3) is 0.200. The van der Waals surface area contributed by atoms with Gasteiger partial charge in [-0.25, -0.2) is 9.79 Å². The van der Waals surface area contributed by atoms with Gasteiger partial charge in [-0.1, -0.05) is 55.8 Å². The number of aryl methyl sites for hydroxylation is 1. The smallest absolute Gasteiger partial charge is 0.363 e.